The zero-order chi connectivity index (χ0) is 27.3. The van der Waals surface area contributed by atoms with Crippen molar-refractivity contribution >= 4 is 15.9 Å². The van der Waals surface area contributed by atoms with Gasteiger partial charge in [-0.3, -0.25) is 4.79 Å². The van der Waals surface area contributed by atoms with Crippen LogP contribution < -0.4 is 14.8 Å². The Morgan fingerprint density at radius 2 is 1.66 bits per heavy atom. The lowest BCUT2D eigenvalue weighted by Gasteiger charge is -2.34. The van der Waals surface area contributed by atoms with Crippen LogP contribution in [0.15, 0.2) is 77.8 Å². The van der Waals surface area contributed by atoms with Crippen molar-refractivity contribution in [2.75, 3.05) is 7.11 Å². The lowest BCUT2D eigenvalue weighted by molar-refractivity contribution is -0.128. The van der Waals surface area contributed by atoms with Gasteiger partial charge in [0.05, 0.1) is 23.6 Å². The molecule has 2 aromatic carbocycles. The van der Waals surface area contributed by atoms with E-state index < -0.39 is 21.7 Å². The molecular formula is C29H35N3O5S. The van der Waals surface area contributed by atoms with Crippen LogP contribution in [0.1, 0.15) is 51.1 Å². The largest absolute Gasteiger partial charge is 0.481 e. The molecule has 202 valence electrons. The Balaban J connectivity index is 1.34. The van der Waals surface area contributed by atoms with Crippen molar-refractivity contribution in [3.63, 3.8) is 0 Å². The quantitative estimate of drug-likeness (QED) is 0.376. The summed E-state index contributed by atoms with van der Waals surface area (Å²) >= 11 is 0. The third-order valence-electron chi connectivity index (χ3n) is 6.99. The molecule has 38 heavy (non-hydrogen) atoms. The number of rotatable bonds is 9. The van der Waals surface area contributed by atoms with Gasteiger partial charge in [-0.15, -0.1) is 0 Å². The number of benzene rings is 2. The topological polar surface area (TPSA) is 118 Å². The molecule has 1 aromatic heterocycles. The maximum absolute atomic E-state index is 13.1. The molecule has 0 spiro atoms. The Kier molecular flexibility index (Phi) is 8.50. The summed E-state index contributed by atoms with van der Waals surface area (Å²) in [6.07, 6.45) is 3.89. The number of nitrogens with zero attached hydrogens (tertiary/aromatic N) is 1. The third kappa shape index (κ3) is 6.78. The van der Waals surface area contributed by atoms with E-state index in [-0.39, 0.29) is 22.8 Å². The SMILES string of the molecule is COc1cc(-c2ccc(S(=O)(=O)N[C@H]3CC[C@H](C(=O)N[C@@H](c4ccccc4)C(C)(C)O)CC3)cc2)ccn1. The Labute approximate surface area is 224 Å². The van der Waals surface area contributed by atoms with E-state index in [0.29, 0.717) is 31.6 Å². The maximum Gasteiger partial charge on any atom is 0.240 e. The monoisotopic (exact) mass is 537 g/mol. The van der Waals surface area contributed by atoms with Gasteiger partial charge in [0, 0.05) is 24.2 Å². The molecule has 1 amide bonds. The second-order valence-corrected chi connectivity index (χ2v) is 12.0. The predicted octanol–water partition coefficient (Wildman–Crippen LogP) is 4.22. The lowest BCUT2D eigenvalue weighted by atomic mass is 9.84. The first-order valence-corrected chi connectivity index (χ1v) is 14.3. The van der Waals surface area contributed by atoms with E-state index in [2.05, 4.69) is 15.0 Å². The molecule has 0 unspecified atom stereocenters. The average Bonchev–Trinajstić information content (AvgIpc) is 2.91. The molecule has 1 aliphatic carbocycles. The molecule has 1 aliphatic rings. The number of aliphatic hydroxyl groups is 1. The number of amides is 1. The van der Waals surface area contributed by atoms with Crippen LogP contribution in [-0.2, 0) is 14.8 Å². The van der Waals surface area contributed by atoms with Crippen LogP contribution >= 0.6 is 0 Å². The Hall–Kier alpha value is -3.27. The normalized spacial score (nSPS) is 18.9. The first-order valence-electron chi connectivity index (χ1n) is 12.8. The second-order valence-electron chi connectivity index (χ2n) is 10.3. The molecule has 0 radical (unpaired) electrons. The molecule has 0 bridgehead atoms. The highest BCUT2D eigenvalue weighted by Crippen LogP contribution is 2.30. The van der Waals surface area contributed by atoms with E-state index in [1.807, 2.05) is 36.4 Å². The summed E-state index contributed by atoms with van der Waals surface area (Å²) < 4.78 is 34.0. The molecule has 1 saturated carbocycles. The van der Waals surface area contributed by atoms with Crippen LogP contribution in [0.5, 0.6) is 5.88 Å². The van der Waals surface area contributed by atoms with Crippen molar-refractivity contribution in [1.29, 1.82) is 0 Å². The fourth-order valence-electron chi connectivity index (χ4n) is 4.86. The molecule has 9 heteroatoms. The Morgan fingerprint density at radius 3 is 2.26 bits per heavy atom. The molecule has 8 nitrogen and oxygen atoms in total. The van der Waals surface area contributed by atoms with Crippen molar-refractivity contribution in [3.8, 4) is 17.0 Å². The highest BCUT2D eigenvalue weighted by molar-refractivity contribution is 7.89. The predicted molar refractivity (Wildman–Crippen MR) is 146 cm³/mol. The van der Waals surface area contributed by atoms with Gasteiger partial charge in [0.1, 0.15) is 0 Å². The molecule has 1 heterocycles. The van der Waals surface area contributed by atoms with Gasteiger partial charge in [0.15, 0.2) is 0 Å². The van der Waals surface area contributed by atoms with Crippen LogP contribution in [0.4, 0.5) is 0 Å². The van der Waals surface area contributed by atoms with E-state index >= 15 is 0 Å². The van der Waals surface area contributed by atoms with Gasteiger partial charge in [-0.1, -0.05) is 42.5 Å². The highest BCUT2D eigenvalue weighted by Gasteiger charge is 2.34. The van der Waals surface area contributed by atoms with Gasteiger partial charge < -0.3 is 15.2 Å². The number of nitrogens with one attached hydrogen (secondary N) is 2. The summed E-state index contributed by atoms with van der Waals surface area (Å²) in [5.74, 6) is 0.132. The van der Waals surface area contributed by atoms with Gasteiger partial charge in [-0.2, -0.15) is 0 Å². The Bertz CT molecular complexity index is 1330. The molecule has 3 N–H and O–H groups in total. The van der Waals surface area contributed by atoms with Crippen molar-refractivity contribution in [1.82, 2.24) is 15.0 Å². The lowest BCUT2D eigenvalue weighted by Crippen LogP contribution is -2.46. The number of methoxy groups -OCH3 is 1. The van der Waals surface area contributed by atoms with Gasteiger partial charge >= 0.3 is 0 Å². The number of ether oxygens (including phenoxy) is 1. The fraction of sp³-hybridized carbons (Fsp3) is 0.379. The maximum atomic E-state index is 13.1. The van der Waals surface area contributed by atoms with Crippen LogP contribution in [0.25, 0.3) is 11.1 Å². The first kappa shape index (κ1) is 27.8. The van der Waals surface area contributed by atoms with Crippen LogP contribution in [0.2, 0.25) is 0 Å². The second kappa shape index (κ2) is 11.6. The molecule has 4 rings (SSSR count). The minimum absolute atomic E-state index is 0.120. The van der Waals surface area contributed by atoms with E-state index in [4.69, 9.17) is 4.74 Å². The fourth-order valence-corrected chi connectivity index (χ4v) is 6.17. The minimum Gasteiger partial charge on any atom is -0.481 e. The zero-order valence-corrected chi connectivity index (χ0v) is 22.7. The Morgan fingerprint density at radius 1 is 1.00 bits per heavy atom. The minimum atomic E-state index is -3.70. The molecule has 1 atom stereocenters. The molecule has 1 fully saturated rings. The molecular weight excluding hydrogens is 502 g/mol. The van der Waals surface area contributed by atoms with Crippen LogP contribution in [-0.4, -0.2) is 43.2 Å². The smallest absolute Gasteiger partial charge is 0.240 e. The molecule has 0 aliphatic heterocycles. The summed E-state index contributed by atoms with van der Waals surface area (Å²) in [5, 5.41) is 13.7. The van der Waals surface area contributed by atoms with Crippen molar-refractivity contribution < 1.29 is 23.1 Å². The molecule has 0 saturated heterocycles. The van der Waals surface area contributed by atoms with Crippen molar-refractivity contribution in [2.45, 2.75) is 62.1 Å². The summed E-state index contributed by atoms with van der Waals surface area (Å²) in [5.41, 5.74) is 1.44. The summed E-state index contributed by atoms with van der Waals surface area (Å²) in [6, 6.07) is 19.0. The molecule has 3 aromatic rings. The van der Waals surface area contributed by atoms with E-state index in [0.717, 1.165) is 16.7 Å². The number of pyridine rings is 1. The number of hydrogen-bond acceptors (Lipinski definition) is 6. The summed E-state index contributed by atoms with van der Waals surface area (Å²) in [6.45, 7) is 3.36. The van der Waals surface area contributed by atoms with Gasteiger partial charge in [0.2, 0.25) is 21.8 Å². The highest BCUT2D eigenvalue weighted by atomic mass is 32.2. The van der Waals surface area contributed by atoms with Gasteiger partial charge in [-0.25, -0.2) is 18.1 Å². The van der Waals surface area contributed by atoms with Gasteiger partial charge in [0.25, 0.3) is 0 Å². The summed E-state index contributed by atoms with van der Waals surface area (Å²) in [4.78, 5) is 17.3. The first-order chi connectivity index (χ1) is 18.1. The zero-order valence-electron chi connectivity index (χ0n) is 21.9. The number of carbonyl (C=O) groups is 1. The van der Waals surface area contributed by atoms with Gasteiger partial charge in [-0.05, 0) is 74.4 Å². The number of carbonyl (C=O) groups excluding carboxylic acids is 1. The number of sulfonamides is 1. The standard InChI is InChI=1S/C29H35N3O5S/c1-29(2,34)27(21-7-5-4-6-8-21)31-28(33)22-9-13-24(14-10-22)32-38(35,36)25-15-11-20(12-16-25)23-17-18-30-26(19-23)37-3/h4-8,11-12,15-19,22,24,27,32,34H,9-10,13-14H2,1-3H3,(H,31,33)/t22-,24-,27-/m0/s1. The third-order valence-corrected chi connectivity index (χ3v) is 8.52. The summed E-state index contributed by atoms with van der Waals surface area (Å²) in [7, 11) is -2.16. The van der Waals surface area contributed by atoms with Crippen LogP contribution in [0.3, 0.4) is 0 Å². The van der Waals surface area contributed by atoms with Crippen LogP contribution in [0, 0.1) is 5.92 Å². The number of hydrogen-bond donors (Lipinski definition) is 3. The average molecular weight is 538 g/mol. The van der Waals surface area contributed by atoms with E-state index in [1.165, 1.54) is 0 Å². The van der Waals surface area contributed by atoms with E-state index in [9.17, 15) is 18.3 Å². The van der Waals surface area contributed by atoms with Crippen molar-refractivity contribution in [2.24, 2.45) is 5.92 Å². The number of aromatic nitrogens is 1. The van der Waals surface area contributed by atoms with Crippen molar-refractivity contribution in [3.05, 3.63) is 78.5 Å². The van der Waals surface area contributed by atoms with E-state index in [1.54, 1.807) is 57.5 Å².